The second kappa shape index (κ2) is 4.03. The molecule has 1 aromatic rings. The fourth-order valence-corrected chi connectivity index (χ4v) is 2.44. The molecule has 0 aliphatic carbocycles. The van der Waals surface area contributed by atoms with E-state index >= 15 is 0 Å². The maximum atomic E-state index is 11.7. The Morgan fingerprint density at radius 3 is 2.73 bits per heavy atom. The number of rotatable bonds is 1. The maximum Gasteiger partial charge on any atom is 0.228 e. The van der Waals surface area contributed by atoms with Crippen LogP contribution in [-0.4, -0.2) is 17.8 Å². The van der Waals surface area contributed by atoms with Crippen LogP contribution in [0.1, 0.15) is 12.0 Å². The van der Waals surface area contributed by atoms with Gasteiger partial charge < -0.3 is 4.90 Å². The van der Waals surface area contributed by atoms with Gasteiger partial charge in [0.2, 0.25) is 5.91 Å². The molecular formula is C11H11Cl2NO. The maximum absolute atomic E-state index is 11.7. The fourth-order valence-electron chi connectivity index (χ4n) is 1.85. The number of halogens is 2. The Hall–Kier alpha value is -0.730. The van der Waals surface area contributed by atoms with Crippen LogP contribution in [0.4, 0.5) is 5.69 Å². The van der Waals surface area contributed by atoms with Crippen LogP contribution in [0, 0.1) is 6.92 Å². The summed E-state index contributed by atoms with van der Waals surface area (Å²) in [5.74, 6) is 0.0474. The number of hydrogen-bond donors (Lipinski definition) is 0. The van der Waals surface area contributed by atoms with E-state index in [0.29, 0.717) is 18.0 Å². The van der Waals surface area contributed by atoms with Gasteiger partial charge in [-0.1, -0.05) is 23.7 Å². The second-order valence-corrected chi connectivity index (χ2v) is 4.74. The first-order valence-corrected chi connectivity index (χ1v) is 5.60. The van der Waals surface area contributed by atoms with Crippen LogP contribution in [0.25, 0.3) is 0 Å². The summed E-state index contributed by atoms with van der Waals surface area (Å²) in [4.78, 5) is 13.3. The van der Waals surface area contributed by atoms with Gasteiger partial charge in [0, 0.05) is 13.0 Å². The minimum atomic E-state index is -0.104. The SMILES string of the molecule is Cc1cccc(Cl)c1N1CC(Cl)CC1=O. The average molecular weight is 244 g/mol. The number of benzene rings is 1. The van der Waals surface area contributed by atoms with Gasteiger partial charge in [0.25, 0.3) is 0 Å². The van der Waals surface area contributed by atoms with Crippen molar-refractivity contribution in [1.82, 2.24) is 0 Å². The van der Waals surface area contributed by atoms with Crippen molar-refractivity contribution in [1.29, 1.82) is 0 Å². The average Bonchev–Trinajstić information content (AvgIpc) is 2.45. The molecule has 0 spiro atoms. The molecule has 80 valence electrons. The molecule has 1 aliphatic heterocycles. The largest absolute Gasteiger partial charge is 0.309 e. The van der Waals surface area contributed by atoms with E-state index in [-0.39, 0.29) is 11.3 Å². The molecule has 0 radical (unpaired) electrons. The molecule has 2 rings (SSSR count). The lowest BCUT2D eigenvalue weighted by molar-refractivity contribution is -0.117. The van der Waals surface area contributed by atoms with E-state index in [0.717, 1.165) is 11.3 Å². The number of amides is 1. The van der Waals surface area contributed by atoms with Crippen molar-refractivity contribution in [2.24, 2.45) is 0 Å². The highest BCUT2D eigenvalue weighted by Crippen LogP contribution is 2.33. The Morgan fingerprint density at radius 2 is 2.20 bits per heavy atom. The minimum absolute atomic E-state index is 0.0474. The number of para-hydroxylation sites is 1. The van der Waals surface area contributed by atoms with Gasteiger partial charge >= 0.3 is 0 Å². The predicted octanol–water partition coefficient (Wildman–Crippen LogP) is 2.99. The molecule has 1 unspecified atom stereocenters. The summed E-state index contributed by atoms with van der Waals surface area (Å²) in [5, 5.41) is 0.502. The molecule has 1 heterocycles. The Morgan fingerprint density at radius 1 is 1.47 bits per heavy atom. The summed E-state index contributed by atoms with van der Waals surface area (Å²) in [6.07, 6.45) is 0.395. The van der Waals surface area contributed by atoms with Crippen molar-refractivity contribution in [2.75, 3.05) is 11.4 Å². The summed E-state index contributed by atoms with van der Waals surface area (Å²) in [7, 11) is 0. The van der Waals surface area contributed by atoms with Crippen LogP contribution >= 0.6 is 23.2 Å². The van der Waals surface area contributed by atoms with E-state index in [9.17, 15) is 4.79 Å². The Bertz CT molecular complexity index is 385. The fraction of sp³-hybridized carbons (Fsp3) is 0.364. The minimum Gasteiger partial charge on any atom is -0.309 e. The molecule has 15 heavy (non-hydrogen) atoms. The number of carbonyl (C=O) groups excluding carboxylic acids is 1. The van der Waals surface area contributed by atoms with Crippen LogP contribution in [0.3, 0.4) is 0 Å². The first-order valence-electron chi connectivity index (χ1n) is 4.79. The van der Waals surface area contributed by atoms with Crippen molar-refractivity contribution in [2.45, 2.75) is 18.7 Å². The molecule has 1 aromatic carbocycles. The topological polar surface area (TPSA) is 20.3 Å². The molecule has 0 aromatic heterocycles. The van der Waals surface area contributed by atoms with Crippen LogP contribution in [0.15, 0.2) is 18.2 Å². The van der Waals surface area contributed by atoms with Crippen LogP contribution in [0.5, 0.6) is 0 Å². The molecule has 0 N–H and O–H groups in total. The lowest BCUT2D eigenvalue weighted by atomic mass is 10.2. The smallest absolute Gasteiger partial charge is 0.228 e. The zero-order valence-corrected chi connectivity index (χ0v) is 9.85. The third kappa shape index (κ3) is 1.97. The summed E-state index contributed by atoms with van der Waals surface area (Å²) in [6.45, 7) is 2.49. The van der Waals surface area contributed by atoms with Gasteiger partial charge in [-0.3, -0.25) is 4.79 Å². The number of nitrogens with zero attached hydrogens (tertiary/aromatic N) is 1. The number of carbonyl (C=O) groups is 1. The summed E-state index contributed by atoms with van der Waals surface area (Å²) in [6, 6.07) is 5.61. The number of hydrogen-bond acceptors (Lipinski definition) is 1. The third-order valence-corrected chi connectivity index (χ3v) is 3.13. The first kappa shape index (κ1) is 10.8. The third-order valence-electron chi connectivity index (χ3n) is 2.54. The number of alkyl halides is 1. The monoisotopic (exact) mass is 243 g/mol. The second-order valence-electron chi connectivity index (χ2n) is 3.71. The molecule has 4 heteroatoms. The van der Waals surface area contributed by atoms with E-state index in [2.05, 4.69) is 0 Å². The lowest BCUT2D eigenvalue weighted by Gasteiger charge is -2.19. The van der Waals surface area contributed by atoms with Crippen LogP contribution in [-0.2, 0) is 4.79 Å². The van der Waals surface area contributed by atoms with Crippen molar-refractivity contribution in [3.63, 3.8) is 0 Å². The summed E-state index contributed by atoms with van der Waals surface area (Å²) >= 11 is 12.0. The van der Waals surface area contributed by atoms with Crippen LogP contribution in [0.2, 0.25) is 5.02 Å². The van der Waals surface area contributed by atoms with E-state index in [1.165, 1.54) is 0 Å². The first-order chi connectivity index (χ1) is 7.09. The normalized spacial score (nSPS) is 21.1. The highest BCUT2D eigenvalue weighted by Gasteiger charge is 2.30. The summed E-state index contributed by atoms with van der Waals surface area (Å²) < 4.78 is 0. The Balaban J connectivity index is 2.41. The lowest BCUT2D eigenvalue weighted by Crippen LogP contribution is -2.25. The molecule has 1 saturated heterocycles. The van der Waals surface area contributed by atoms with Gasteiger partial charge in [0.05, 0.1) is 16.1 Å². The standard InChI is InChI=1S/C11H11Cl2NO/c1-7-3-2-4-9(13)11(7)14-6-8(12)5-10(14)15/h2-4,8H,5-6H2,1H3. The molecule has 2 nitrogen and oxygen atoms in total. The molecule has 0 saturated carbocycles. The molecule has 0 bridgehead atoms. The van der Waals surface area contributed by atoms with Crippen LogP contribution < -0.4 is 4.90 Å². The zero-order valence-electron chi connectivity index (χ0n) is 8.34. The highest BCUT2D eigenvalue weighted by atomic mass is 35.5. The van der Waals surface area contributed by atoms with Gasteiger partial charge in [-0.05, 0) is 18.6 Å². The number of anilines is 1. The predicted molar refractivity (Wildman–Crippen MR) is 62.8 cm³/mol. The van der Waals surface area contributed by atoms with E-state index < -0.39 is 0 Å². The molecule has 1 fully saturated rings. The van der Waals surface area contributed by atoms with E-state index in [4.69, 9.17) is 23.2 Å². The number of aryl methyl sites for hydroxylation is 1. The molecule has 1 atom stereocenters. The van der Waals surface area contributed by atoms with Crippen molar-refractivity contribution >= 4 is 34.8 Å². The van der Waals surface area contributed by atoms with E-state index in [1.54, 1.807) is 11.0 Å². The molecular weight excluding hydrogens is 233 g/mol. The highest BCUT2D eigenvalue weighted by molar-refractivity contribution is 6.34. The van der Waals surface area contributed by atoms with E-state index in [1.807, 2.05) is 19.1 Å². The van der Waals surface area contributed by atoms with Crippen molar-refractivity contribution < 1.29 is 4.79 Å². The Labute approximate surface area is 98.8 Å². The summed E-state index contributed by atoms with van der Waals surface area (Å²) in [5.41, 5.74) is 1.80. The van der Waals surface area contributed by atoms with Gasteiger partial charge in [-0.2, -0.15) is 0 Å². The van der Waals surface area contributed by atoms with Gasteiger partial charge in [0.15, 0.2) is 0 Å². The molecule has 1 amide bonds. The van der Waals surface area contributed by atoms with Gasteiger partial charge in [0.1, 0.15) is 0 Å². The Kier molecular flexibility index (Phi) is 2.89. The zero-order chi connectivity index (χ0) is 11.0. The van der Waals surface area contributed by atoms with Crippen molar-refractivity contribution in [3.8, 4) is 0 Å². The van der Waals surface area contributed by atoms with Crippen molar-refractivity contribution in [3.05, 3.63) is 28.8 Å². The quantitative estimate of drug-likeness (QED) is 0.695. The van der Waals surface area contributed by atoms with Gasteiger partial charge in [-0.25, -0.2) is 0 Å². The molecule has 1 aliphatic rings. The van der Waals surface area contributed by atoms with Gasteiger partial charge in [-0.15, -0.1) is 11.6 Å².